The quantitative estimate of drug-likeness (QED) is 0.333. The van der Waals surface area contributed by atoms with Crippen LogP contribution in [0.3, 0.4) is 0 Å². The van der Waals surface area contributed by atoms with Crippen molar-refractivity contribution >= 4 is 11.6 Å². The molecule has 1 saturated heterocycles. The molecule has 9 heteroatoms. The van der Waals surface area contributed by atoms with Crippen LogP contribution in [-0.2, 0) is 36.6 Å². The Balaban J connectivity index is 1.39. The van der Waals surface area contributed by atoms with Crippen molar-refractivity contribution in [1.82, 2.24) is 14.0 Å². The molecule has 218 valence electrons. The largest absolute Gasteiger partial charge is 0.364 e. The number of aryl methyl sites for hydroxylation is 1. The van der Waals surface area contributed by atoms with E-state index < -0.39 is 23.1 Å². The Labute approximate surface area is 248 Å². The fraction of sp³-hybridized carbons (Fsp3) is 0.333. The third kappa shape index (κ3) is 5.36. The zero-order valence-corrected chi connectivity index (χ0v) is 24.3. The summed E-state index contributed by atoms with van der Waals surface area (Å²) in [5.41, 5.74) is 8.93. The van der Waals surface area contributed by atoms with Crippen LogP contribution in [-0.4, -0.2) is 27.1 Å². The maximum absolute atomic E-state index is 15.0. The molecule has 0 unspecified atom stereocenters. The SMILES string of the molecule is Cc1cccc(F)c1Cn1c2c(c(=O)n(C[C@@H](N)c3ccccc3)c1=O)C1(CCN(Cc3cccc(Cl)c3)CC1)OC2. The molecule has 3 heterocycles. The molecule has 7 nitrogen and oxygen atoms in total. The molecule has 3 aromatic carbocycles. The number of benzene rings is 3. The lowest BCUT2D eigenvalue weighted by Crippen LogP contribution is -2.49. The molecular formula is C33H34ClFN4O3. The Morgan fingerprint density at radius 3 is 2.43 bits per heavy atom. The number of aromatic nitrogens is 2. The molecule has 2 aliphatic rings. The summed E-state index contributed by atoms with van der Waals surface area (Å²) < 4.78 is 24.2. The first-order valence-corrected chi connectivity index (χ1v) is 14.7. The van der Waals surface area contributed by atoms with Gasteiger partial charge in [-0.3, -0.25) is 18.8 Å². The molecule has 42 heavy (non-hydrogen) atoms. The molecule has 0 radical (unpaired) electrons. The lowest BCUT2D eigenvalue weighted by Gasteiger charge is -2.39. The zero-order chi connectivity index (χ0) is 29.4. The number of nitrogens with two attached hydrogens (primary N) is 1. The Kier molecular flexibility index (Phi) is 7.89. The molecule has 1 aromatic heterocycles. The molecule has 4 aromatic rings. The minimum absolute atomic E-state index is 0.000853. The fourth-order valence-electron chi connectivity index (χ4n) is 6.34. The smallest absolute Gasteiger partial charge is 0.331 e. The fourth-order valence-corrected chi connectivity index (χ4v) is 6.55. The van der Waals surface area contributed by atoms with Crippen LogP contribution >= 0.6 is 11.6 Å². The highest BCUT2D eigenvalue weighted by Gasteiger charge is 2.47. The van der Waals surface area contributed by atoms with Gasteiger partial charge in [0, 0.05) is 36.3 Å². The van der Waals surface area contributed by atoms with Gasteiger partial charge in [0.1, 0.15) is 11.4 Å². The third-order valence-corrected chi connectivity index (χ3v) is 8.95. The highest BCUT2D eigenvalue weighted by atomic mass is 35.5. The van der Waals surface area contributed by atoms with E-state index in [-0.39, 0.29) is 25.3 Å². The van der Waals surface area contributed by atoms with E-state index in [0.717, 1.165) is 23.2 Å². The number of halogens is 2. The minimum Gasteiger partial charge on any atom is -0.364 e. The van der Waals surface area contributed by atoms with E-state index in [0.29, 0.717) is 47.8 Å². The van der Waals surface area contributed by atoms with Crippen LogP contribution in [0.1, 0.15) is 52.4 Å². The summed E-state index contributed by atoms with van der Waals surface area (Å²) in [5.74, 6) is -0.391. The van der Waals surface area contributed by atoms with Gasteiger partial charge in [0.2, 0.25) is 0 Å². The van der Waals surface area contributed by atoms with Crippen molar-refractivity contribution in [2.75, 3.05) is 13.1 Å². The van der Waals surface area contributed by atoms with Crippen molar-refractivity contribution in [3.63, 3.8) is 0 Å². The minimum atomic E-state index is -0.824. The molecule has 6 rings (SSSR count). The van der Waals surface area contributed by atoms with E-state index in [9.17, 15) is 14.0 Å². The number of hydrogen-bond donors (Lipinski definition) is 1. The second-order valence-corrected chi connectivity index (χ2v) is 11.8. The lowest BCUT2D eigenvalue weighted by molar-refractivity contribution is -0.0810. The zero-order valence-electron chi connectivity index (χ0n) is 23.6. The van der Waals surface area contributed by atoms with Crippen LogP contribution in [0.2, 0.25) is 5.02 Å². The summed E-state index contributed by atoms with van der Waals surface area (Å²) in [7, 11) is 0. The van der Waals surface area contributed by atoms with Crippen LogP contribution in [0.4, 0.5) is 4.39 Å². The molecule has 2 aliphatic heterocycles. The summed E-state index contributed by atoms with van der Waals surface area (Å²) in [4.78, 5) is 30.5. The van der Waals surface area contributed by atoms with Gasteiger partial charge in [-0.05, 0) is 54.7 Å². The van der Waals surface area contributed by atoms with E-state index in [4.69, 9.17) is 22.1 Å². The number of fused-ring (bicyclic) bond motifs is 2. The van der Waals surface area contributed by atoms with E-state index in [2.05, 4.69) is 11.0 Å². The average Bonchev–Trinajstić information content (AvgIpc) is 3.35. The van der Waals surface area contributed by atoms with Crippen molar-refractivity contribution in [2.24, 2.45) is 5.73 Å². The van der Waals surface area contributed by atoms with Gasteiger partial charge in [0.15, 0.2) is 0 Å². The normalized spacial score (nSPS) is 17.0. The van der Waals surface area contributed by atoms with Gasteiger partial charge >= 0.3 is 5.69 Å². The van der Waals surface area contributed by atoms with Crippen molar-refractivity contribution in [3.8, 4) is 0 Å². The molecule has 0 bridgehead atoms. The van der Waals surface area contributed by atoms with Gasteiger partial charge < -0.3 is 10.5 Å². The van der Waals surface area contributed by atoms with Crippen LogP contribution in [0.25, 0.3) is 0 Å². The van der Waals surface area contributed by atoms with Gasteiger partial charge in [0.25, 0.3) is 5.56 Å². The van der Waals surface area contributed by atoms with E-state index in [1.165, 1.54) is 15.2 Å². The van der Waals surface area contributed by atoms with Crippen LogP contribution in [0, 0.1) is 12.7 Å². The number of piperidine rings is 1. The summed E-state index contributed by atoms with van der Waals surface area (Å²) in [5, 5.41) is 0.700. The first-order valence-electron chi connectivity index (χ1n) is 14.3. The molecule has 1 atom stereocenters. The third-order valence-electron chi connectivity index (χ3n) is 8.71. The van der Waals surface area contributed by atoms with Crippen LogP contribution < -0.4 is 17.0 Å². The van der Waals surface area contributed by atoms with Crippen molar-refractivity contribution < 1.29 is 9.13 Å². The predicted octanol–water partition coefficient (Wildman–Crippen LogP) is 4.88. The van der Waals surface area contributed by atoms with E-state index in [1.807, 2.05) is 61.5 Å². The summed E-state index contributed by atoms with van der Waals surface area (Å²) in [6.45, 7) is 4.10. The Morgan fingerprint density at radius 2 is 1.71 bits per heavy atom. The Morgan fingerprint density at radius 1 is 0.976 bits per heavy atom. The standard InChI is InChI=1S/C33H34ClFN4O3/c1-22-7-5-12-27(35)26(22)19-38-29-21-42-33(13-15-37(16-14-33)18-23-8-6-11-25(34)17-23)30(29)31(40)39(32(38)41)20-28(36)24-9-3-2-4-10-24/h2-12,17,28H,13-16,18-21,36H2,1H3/t28-/m1/s1. The van der Waals surface area contributed by atoms with Crippen molar-refractivity contribution in [1.29, 1.82) is 0 Å². The number of ether oxygens (including phenoxy) is 1. The molecular weight excluding hydrogens is 555 g/mol. The topological polar surface area (TPSA) is 82.5 Å². The maximum Gasteiger partial charge on any atom is 0.331 e. The first-order chi connectivity index (χ1) is 20.3. The number of rotatable bonds is 7. The van der Waals surface area contributed by atoms with E-state index in [1.54, 1.807) is 6.07 Å². The lowest BCUT2D eigenvalue weighted by atomic mass is 9.85. The monoisotopic (exact) mass is 588 g/mol. The van der Waals surface area contributed by atoms with Crippen LogP contribution in [0.5, 0.6) is 0 Å². The van der Waals surface area contributed by atoms with Gasteiger partial charge in [0.05, 0.1) is 31.0 Å². The van der Waals surface area contributed by atoms with Crippen LogP contribution in [0.15, 0.2) is 82.4 Å². The molecule has 0 amide bonds. The Hall–Kier alpha value is -3.56. The Bertz CT molecular complexity index is 1710. The highest BCUT2D eigenvalue weighted by Crippen LogP contribution is 2.42. The molecule has 1 fully saturated rings. The van der Waals surface area contributed by atoms with Crippen molar-refractivity contribution in [2.45, 2.75) is 57.6 Å². The van der Waals surface area contributed by atoms with Gasteiger partial charge in [-0.15, -0.1) is 0 Å². The molecule has 0 aliphatic carbocycles. The maximum atomic E-state index is 15.0. The number of likely N-dealkylation sites (tertiary alicyclic amines) is 1. The second-order valence-electron chi connectivity index (χ2n) is 11.3. The van der Waals surface area contributed by atoms with E-state index >= 15 is 0 Å². The summed E-state index contributed by atoms with van der Waals surface area (Å²) >= 11 is 6.19. The highest BCUT2D eigenvalue weighted by molar-refractivity contribution is 6.30. The first kappa shape index (κ1) is 28.6. The molecule has 2 N–H and O–H groups in total. The van der Waals surface area contributed by atoms with Gasteiger partial charge in [-0.1, -0.05) is 66.2 Å². The summed E-state index contributed by atoms with van der Waals surface area (Å²) in [6.07, 6.45) is 1.19. The molecule has 0 saturated carbocycles. The average molecular weight is 589 g/mol. The molecule has 1 spiro atoms. The van der Waals surface area contributed by atoms with Gasteiger partial charge in [-0.2, -0.15) is 0 Å². The van der Waals surface area contributed by atoms with Crippen molar-refractivity contribution in [3.05, 3.63) is 138 Å². The van der Waals surface area contributed by atoms with Gasteiger partial charge in [-0.25, -0.2) is 9.18 Å². The summed E-state index contributed by atoms with van der Waals surface area (Å²) in [6, 6.07) is 21.5. The second kappa shape index (κ2) is 11.6. The number of nitrogens with zero attached hydrogens (tertiary/aromatic N) is 3. The predicted molar refractivity (Wildman–Crippen MR) is 161 cm³/mol. The number of hydrogen-bond acceptors (Lipinski definition) is 5.